The number of hydrogen-bond acceptors (Lipinski definition) is 3. The highest BCUT2D eigenvalue weighted by molar-refractivity contribution is 5.80. The number of amides is 1. The normalized spacial score (nSPS) is 34.5. The van der Waals surface area contributed by atoms with Gasteiger partial charge in [-0.05, 0) is 19.8 Å². The molecule has 4 heteroatoms. The molecule has 1 atom stereocenters. The molecule has 1 unspecified atom stereocenters. The number of carbonyl (C=O) groups excluding carboxylic acids is 1. The molecule has 0 aromatic heterocycles. The quantitative estimate of drug-likeness (QED) is 0.654. The first kappa shape index (κ1) is 8.97. The Morgan fingerprint density at radius 2 is 2.54 bits per heavy atom. The number of carbonyl (C=O) groups is 1. The van der Waals surface area contributed by atoms with E-state index in [0.717, 1.165) is 26.0 Å². The summed E-state index contributed by atoms with van der Waals surface area (Å²) in [5.41, 5.74) is -0.0956. The Labute approximate surface area is 78.2 Å². The molecule has 2 saturated heterocycles. The Bertz CT molecular complexity index is 212. The number of nitrogens with zero attached hydrogens (tertiary/aromatic N) is 1. The van der Waals surface area contributed by atoms with Gasteiger partial charge < -0.3 is 9.64 Å². The Balaban J connectivity index is 1.92. The summed E-state index contributed by atoms with van der Waals surface area (Å²) >= 11 is 0. The van der Waals surface area contributed by atoms with Crippen LogP contribution in [0.1, 0.15) is 19.8 Å². The smallest absolute Gasteiger partial charge is 0.237 e. The molecule has 2 heterocycles. The van der Waals surface area contributed by atoms with E-state index in [9.17, 15) is 4.79 Å². The number of hydrogen-bond donors (Lipinski definition) is 1. The molecule has 2 aliphatic heterocycles. The molecule has 74 valence electrons. The molecule has 0 radical (unpaired) electrons. The molecule has 2 fully saturated rings. The summed E-state index contributed by atoms with van der Waals surface area (Å²) in [5.74, 6) is 0.191. The van der Waals surface area contributed by atoms with Crippen LogP contribution in [0.2, 0.25) is 0 Å². The van der Waals surface area contributed by atoms with Gasteiger partial charge in [0, 0.05) is 6.61 Å². The van der Waals surface area contributed by atoms with Crippen molar-refractivity contribution >= 4 is 5.91 Å². The molecule has 0 spiro atoms. The van der Waals surface area contributed by atoms with Crippen molar-refractivity contribution in [3.63, 3.8) is 0 Å². The average molecular weight is 184 g/mol. The van der Waals surface area contributed by atoms with Gasteiger partial charge in [-0.25, -0.2) is 0 Å². The Kier molecular flexibility index (Phi) is 2.26. The van der Waals surface area contributed by atoms with Gasteiger partial charge in [0.25, 0.3) is 0 Å². The summed E-state index contributed by atoms with van der Waals surface area (Å²) in [7, 11) is 0. The van der Waals surface area contributed by atoms with Gasteiger partial charge >= 0.3 is 0 Å². The minimum Gasteiger partial charge on any atom is -0.373 e. The standard InChI is InChI=1S/C9H16N2O2/c1-9(3-2-4-13-9)6-11-7-10-5-8(11)12/h10H,2-7H2,1H3. The lowest BCUT2D eigenvalue weighted by atomic mass is 10.0. The maximum absolute atomic E-state index is 11.3. The first-order valence-electron chi connectivity index (χ1n) is 4.82. The van der Waals surface area contributed by atoms with E-state index in [2.05, 4.69) is 12.2 Å². The van der Waals surface area contributed by atoms with Crippen molar-refractivity contribution < 1.29 is 9.53 Å². The minimum absolute atomic E-state index is 0.0956. The minimum atomic E-state index is -0.0956. The third-order valence-corrected chi connectivity index (χ3v) is 2.76. The molecule has 2 rings (SSSR count). The molecule has 0 aliphatic carbocycles. The zero-order valence-electron chi connectivity index (χ0n) is 8.01. The molecule has 0 bridgehead atoms. The van der Waals surface area contributed by atoms with Gasteiger partial charge in [0.05, 0.1) is 25.4 Å². The lowest BCUT2D eigenvalue weighted by Gasteiger charge is -2.28. The van der Waals surface area contributed by atoms with E-state index in [1.807, 2.05) is 4.90 Å². The summed E-state index contributed by atoms with van der Waals surface area (Å²) < 4.78 is 5.63. The van der Waals surface area contributed by atoms with E-state index in [1.54, 1.807) is 0 Å². The van der Waals surface area contributed by atoms with Crippen molar-refractivity contribution in [3.8, 4) is 0 Å². The number of rotatable bonds is 2. The van der Waals surface area contributed by atoms with Crippen molar-refractivity contribution in [2.24, 2.45) is 0 Å². The summed E-state index contributed by atoms with van der Waals surface area (Å²) in [6.45, 7) is 4.82. The van der Waals surface area contributed by atoms with Crippen LogP contribution < -0.4 is 5.32 Å². The topological polar surface area (TPSA) is 41.6 Å². The van der Waals surface area contributed by atoms with E-state index in [-0.39, 0.29) is 11.5 Å². The lowest BCUT2D eigenvalue weighted by Crippen LogP contribution is -2.41. The first-order valence-corrected chi connectivity index (χ1v) is 4.82. The van der Waals surface area contributed by atoms with Gasteiger partial charge in [0.2, 0.25) is 5.91 Å². The van der Waals surface area contributed by atoms with Gasteiger partial charge in [-0.15, -0.1) is 0 Å². The van der Waals surface area contributed by atoms with Gasteiger partial charge in [-0.3, -0.25) is 10.1 Å². The molecule has 1 amide bonds. The predicted octanol–water partition coefficient (Wildman–Crippen LogP) is -0.0552. The van der Waals surface area contributed by atoms with Crippen molar-refractivity contribution in [1.82, 2.24) is 10.2 Å². The number of ether oxygens (including phenoxy) is 1. The fourth-order valence-corrected chi connectivity index (χ4v) is 2.01. The van der Waals surface area contributed by atoms with E-state index in [0.29, 0.717) is 13.2 Å². The monoisotopic (exact) mass is 184 g/mol. The molecule has 0 aromatic carbocycles. The van der Waals surface area contributed by atoms with Crippen LogP contribution in [-0.2, 0) is 9.53 Å². The zero-order chi connectivity index (χ0) is 9.31. The van der Waals surface area contributed by atoms with Crippen LogP contribution >= 0.6 is 0 Å². The summed E-state index contributed by atoms with van der Waals surface area (Å²) in [4.78, 5) is 13.2. The van der Waals surface area contributed by atoms with Crippen molar-refractivity contribution in [1.29, 1.82) is 0 Å². The van der Waals surface area contributed by atoms with Crippen LogP contribution in [-0.4, -0.2) is 42.8 Å². The third kappa shape index (κ3) is 1.84. The van der Waals surface area contributed by atoms with Crippen LogP contribution in [0.3, 0.4) is 0 Å². The summed E-state index contributed by atoms with van der Waals surface area (Å²) in [6.07, 6.45) is 2.18. The average Bonchev–Trinajstić information content (AvgIpc) is 2.64. The van der Waals surface area contributed by atoms with Crippen LogP contribution in [0.4, 0.5) is 0 Å². The van der Waals surface area contributed by atoms with Crippen LogP contribution in [0.5, 0.6) is 0 Å². The van der Waals surface area contributed by atoms with Crippen LogP contribution in [0, 0.1) is 0 Å². The Morgan fingerprint density at radius 1 is 1.69 bits per heavy atom. The maximum atomic E-state index is 11.3. The Hall–Kier alpha value is -0.610. The lowest BCUT2D eigenvalue weighted by molar-refractivity contribution is -0.129. The SMILES string of the molecule is CC1(CN2CNCC2=O)CCCO1. The second-order valence-electron chi connectivity index (χ2n) is 4.08. The third-order valence-electron chi connectivity index (χ3n) is 2.76. The fraction of sp³-hybridized carbons (Fsp3) is 0.889. The van der Waals surface area contributed by atoms with Gasteiger partial charge in [0.15, 0.2) is 0 Å². The highest BCUT2D eigenvalue weighted by Gasteiger charge is 2.34. The molecular weight excluding hydrogens is 168 g/mol. The highest BCUT2D eigenvalue weighted by atomic mass is 16.5. The van der Waals surface area contributed by atoms with E-state index >= 15 is 0 Å². The second kappa shape index (κ2) is 3.27. The molecule has 2 aliphatic rings. The van der Waals surface area contributed by atoms with E-state index in [4.69, 9.17) is 4.74 Å². The summed E-state index contributed by atoms with van der Waals surface area (Å²) in [5, 5.41) is 3.03. The first-order chi connectivity index (χ1) is 6.20. The predicted molar refractivity (Wildman–Crippen MR) is 48.2 cm³/mol. The molecule has 1 N–H and O–H groups in total. The molecule has 0 saturated carbocycles. The van der Waals surface area contributed by atoms with Gasteiger partial charge in [-0.2, -0.15) is 0 Å². The van der Waals surface area contributed by atoms with Crippen molar-refractivity contribution in [2.75, 3.05) is 26.4 Å². The summed E-state index contributed by atoms with van der Waals surface area (Å²) in [6, 6.07) is 0. The van der Waals surface area contributed by atoms with E-state index < -0.39 is 0 Å². The Morgan fingerprint density at radius 3 is 3.08 bits per heavy atom. The molecule has 13 heavy (non-hydrogen) atoms. The maximum Gasteiger partial charge on any atom is 0.237 e. The fourth-order valence-electron chi connectivity index (χ4n) is 2.01. The molecule has 4 nitrogen and oxygen atoms in total. The van der Waals surface area contributed by atoms with Crippen molar-refractivity contribution in [3.05, 3.63) is 0 Å². The zero-order valence-corrected chi connectivity index (χ0v) is 8.01. The molecule has 0 aromatic rings. The van der Waals surface area contributed by atoms with Crippen LogP contribution in [0.25, 0.3) is 0 Å². The largest absolute Gasteiger partial charge is 0.373 e. The second-order valence-corrected chi connectivity index (χ2v) is 4.08. The number of nitrogens with one attached hydrogen (secondary N) is 1. The van der Waals surface area contributed by atoms with E-state index in [1.165, 1.54) is 0 Å². The van der Waals surface area contributed by atoms with Gasteiger partial charge in [-0.1, -0.05) is 0 Å². The van der Waals surface area contributed by atoms with Gasteiger partial charge in [0.1, 0.15) is 0 Å². The highest BCUT2D eigenvalue weighted by Crippen LogP contribution is 2.26. The van der Waals surface area contributed by atoms with Crippen molar-refractivity contribution in [2.45, 2.75) is 25.4 Å². The molecular formula is C9H16N2O2. The van der Waals surface area contributed by atoms with Crippen LogP contribution in [0.15, 0.2) is 0 Å².